The van der Waals surface area contributed by atoms with E-state index in [0.29, 0.717) is 17.4 Å². The third kappa shape index (κ3) is 2.97. The van der Waals surface area contributed by atoms with Crippen molar-refractivity contribution in [1.82, 2.24) is 4.98 Å². The van der Waals surface area contributed by atoms with Gasteiger partial charge < -0.3 is 14.4 Å². The van der Waals surface area contributed by atoms with Gasteiger partial charge in [0.05, 0.1) is 14.2 Å². The molecule has 1 fully saturated rings. The molecule has 5 nitrogen and oxygen atoms in total. The third-order valence-electron chi connectivity index (χ3n) is 3.43. The van der Waals surface area contributed by atoms with Gasteiger partial charge in [0.15, 0.2) is 0 Å². The molecule has 5 heteroatoms. The molecule has 0 spiro atoms. The SMILES string of the molecule is COC(=O)c1ccc(N2CCCC(C)C2)nc1OC. The number of ether oxygens (including phenoxy) is 2. The number of pyridine rings is 1. The van der Waals surface area contributed by atoms with Crippen molar-refractivity contribution in [3.63, 3.8) is 0 Å². The average Bonchev–Trinajstić information content (AvgIpc) is 2.45. The number of aromatic nitrogens is 1. The minimum Gasteiger partial charge on any atom is -0.480 e. The van der Waals surface area contributed by atoms with E-state index in [-0.39, 0.29) is 0 Å². The second kappa shape index (κ2) is 5.91. The molecule has 19 heavy (non-hydrogen) atoms. The van der Waals surface area contributed by atoms with Crippen LogP contribution in [0.2, 0.25) is 0 Å². The molecule has 104 valence electrons. The Morgan fingerprint density at radius 1 is 1.42 bits per heavy atom. The number of nitrogens with zero attached hydrogens (tertiary/aromatic N) is 2. The number of esters is 1. The summed E-state index contributed by atoms with van der Waals surface area (Å²) in [4.78, 5) is 18.2. The van der Waals surface area contributed by atoms with E-state index in [1.165, 1.54) is 27.1 Å². The zero-order valence-corrected chi connectivity index (χ0v) is 11.7. The van der Waals surface area contributed by atoms with Gasteiger partial charge in [0.1, 0.15) is 11.4 Å². The topological polar surface area (TPSA) is 51.7 Å². The summed E-state index contributed by atoms with van der Waals surface area (Å²) in [5.41, 5.74) is 0.360. The van der Waals surface area contributed by atoms with E-state index >= 15 is 0 Å². The highest BCUT2D eigenvalue weighted by atomic mass is 16.5. The number of anilines is 1. The second-order valence-corrected chi connectivity index (χ2v) is 4.91. The summed E-state index contributed by atoms with van der Waals surface area (Å²) in [5.74, 6) is 1.42. The lowest BCUT2D eigenvalue weighted by molar-refractivity contribution is 0.0596. The Hall–Kier alpha value is -1.78. The fraction of sp³-hybridized carbons (Fsp3) is 0.571. The van der Waals surface area contributed by atoms with Gasteiger partial charge in [-0.05, 0) is 30.9 Å². The van der Waals surface area contributed by atoms with Gasteiger partial charge in [0, 0.05) is 13.1 Å². The molecule has 0 bridgehead atoms. The number of piperidine rings is 1. The summed E-state index contributed by atoms with van der Waals surface area (Å²) in [7, 11) is 2.86. The van der Waals surface area contributed by atoms with Gasteiger partial charge in [0.25, 0.3) is 0 Å². The van der Waals surface area contributed by atoms with Crippen molar-refractivity contribution in [3.8, 4) is 5.88 Å². The van der Waals surface area contributed by atoms with E-state index in [2.05, 4.69) is 16.8 Å². The maximum absolute atomic E-state index is 11.6. The predicted molar refractivity (Wildman–Crippen MR) is 72.7 cm³/mol. The molecular formula is C14H20N2O3. The Bertz CT molecular complexity index is 462. The summed E-state index contributed by atoms with van der Waals surface area (Å²) in [6.45, 7) is 4.23. The summed E-state index contributed by atoms with van der Waals surface area (Å²) >= 11 is 0. The van der Waals surface area contributed by atoms with Crippen LogP contribution in [0, 0.1) is 5.92 Å². The highest BCUT2D eigenvalue weighted by molar-refractivity contribution is 5.92. The van der Waals surface area contributed by atoms with Crippen molar-refractivity contribution < 1.29 is 14.3 Å². The fourth-order valence-corrected chi connectivity index (χ4v) is 2.43. The number of methoxy groups -OCH3 is 2. The van der Waals surface area contributed by atoms with E-state index < -0.39 is 5.97 Å². The molecule has 1 atom stereocenters. The zero-order valence-electron chi connectivity index (χ0n) is 11.7. The van der Waals surface area contributed by atoms with Crippen molar-refractivity contribution in [2.75, 3.05) is 32.2 Å². The van der Waals surface area contributed by atoms with Gasteiger partial charge in [0.2, 0.25) is 5.88 Å². The van der Waals surface area contributed by atoms with E-state index in [1.807, 2.05) is 6.07 Å². The molecule has 0 saturated carbocycles. The molecule has 0 aliphatic carbocycles. The fourth-order valence-electron chi connectivity index (χ4n) is 2.43. The molecule has 0 radical (unpaired) electrons. The Labute approximate surface area is 113 Å². The summed E-state index contributed by atoms with van der Waals surface area (Å²) in [5, 5.41) is 0. The molecule has 2 heterocycles. The van der Waals surface area contributed by atoms with Crippen molar-refractivity contribution in [2.45, 2.75) is 19.8 Å². The molecular weight excluding hydrogens is 244 g/mol. The van der Waals surface area contributed by atoms with E-state index in [1.54, 1.807) is 6.07 Å². The standard InChI is InChI=1S/C14H20N2O3/c1-10-5-4-8-16(9-10)12-7-6-11(14(17)19-3)13(15-12)18-2/h6-7,10H,4-5,8-9H2,1-3H3. The van der Waals surface area contributed by atoms with Gasteiger partial charge in [-0.3, -0.25) is 0 Å². The lowest BCUT2D eigenvalue weighted by Gasteiger charge is -2.32. The largest absolute Gasteiger partial charge is 0.480 e. The second-order valence-electron chi connectivity index (χ2n) is 4.91. The minimum atomic E-state index is -0.428. The molecule has 1 aromatic heterocycles. The first-order valence-electron chi connectivity index (χ1n) is 6.54. The van der Waals surface area contributed by atoms with Crippen LogP contribution in [0.5, 0.6) is 5.88 Å². The van der Waals surface area contributed by atoms with Crippen LogP contribution in [-0.4, -0.2) is 38.3 Å². The summed E-state index contributed by atoms with van der Waals surface area (Å²) < 4.78 is 9.90. The third-order valence-corrected chi connectivity index (χ3v) is 3.43. The Morgan fingerprint density at radius 2 is 2.21 bits per heavy atom. The molecule has 1 saturated heterocycles. The number of hydrogen-bond donors (Lipinski definition) is 0. The quantitative estimate of drug-likeness (QED) is 0.783. The maximum Gasteiger partial charge on any atom is 0.343 e. The Balaban J connectivity index is 2.25. The van der Waals surface area contributed by atoms with Gasteiger partial charge in [-0.1, -0.05) is 6.92 Å². The normalized spacial score (nSPS) is 19.1. The van der Waals surface area contributed by atoms with Crippen LogP contribution in [0.15, 0.2) is 12.1 Å². The maximum atomic E-state index is 11.6. The summed E-state index contributed by atoms with van der Waals surface area (Å²) in [6.07, 6.45) is 2.43. The smallest absolute Gasteiger partial charge is 0.343 e. The van der Waals surface area contributed by atoms with Gasteiger partial charge in [-0.2, -0.15) is 4.98 Å². The van der Waals surface area contributed by atoms with Crippen LogP contribution in [0.25, 0.3) is 0 Å². The highest BCUT2D eigenvalue weighted by Crippen LogP contribution is 2.25. The van der Waals surface area contributed by atoms with Crippen molar-refractivity contribution in [2.24, 2.45) is 5.92 Å². The highest BCUT2D eigenvalue weighted by Gasteiger charge is 2.20. The predicted octanol–water partition coefficient (Wildman–Crippen LogP) is 2.11. The number of hydrogen-bond acceptors (Lipinski definition) is 5. The van der Waals surface area contributed by atoms with Crippen LogP contribution < -0.4 is 9.64 Å². The minimum absolute atomic E-state index is 0.322. The van der Waals surface area contributed by atoms with E-state index in [0.717, 1.165) is 18.9 Å². The lowest BCUT2D eigenvalue weighted by Crippen LogP contribution is -2.34. The Kier molecular flexibility index (Phi) is 4.24. The van der Waals surface area contributed by atoms with Crippen molar-refractivity contribution in [1.29, 1.82) is 0 Å². The molecule has 2 rings (SSSR count). The molecule has 1 unspecified atom stereocenters. The Morgan fingerprint density at radius 3 is 2.84 bits per heavy atom. The average molecular weight is 264 g/mol. The lowest BCUT2D eigenvalue weighted by atomic mass is 10.0. The molecule has 0 N–H and O–H groups in total. The molecule has 0 aromatic carbocycles. The molecule has 1 aliphatic rings. The molecule has 1 aliphatic heterocycles. The van der Waals surface area contributed by atoms with Crippen LogP contribution >= 0.6 is 0 Å². The zero-order chi connectivity index (χ0) is 13.8. The van der Waals surface area contributed by atoms with Crippen LogP contribution in [-0.2, 0) is 4.74 Å². The number of rotatable bonds is 3. The van der Waals surface area contributed by atoms with Crippen LogP contribution in [0.4, 0.5) is 5.82 Å². The van der Waals surface area contributed by atoms with Gasteiger partial charge >= 0.3 is 5.97 Å². The van der Waals surface area contributed by atoms with Crippen molar-refractivity contribution in [3.05, 3.63) is 17.7 Å². The first-order valence-corrected chi connectivity index (χ1v) is 6.54. The van der Waals surface area contributed by atoms with E-state index in [9.17, 15) is 4.79 Å². The first-order chi connectivity index (χ1) is 9.15. The number of carbonyl (C=O) groups is 1. The van der Waals surface area contributed by atoms with Crippen molar-refractivity contribution >= 4 is 11.8 Å². The van der Waals surface area contributed by atoms with Crippen LogP contribution in [0.3, 0.4) is 0 Å². The van der Waals surface area contributed by atoms with E-state index in [4.69, 9.17) is 9.47 Å². The monoisotopic (exact) mass is 264 g/mol. The van der Waals surface area contributed by atoms with Gasteiger partial charge in [-0.25, -0.2) is 4.79 Å². The first kappa shape index (κ1) is 13.6. The summed E-state index contributed by atoms with van der Waals surface area (Å²) in [6, 6.07) is 3.57. The number of carbonyl (C=O) groups excluding carboxylic acids is 1. The van der Waals surface area contributed by atoms with Crippen LogP contribution in [0.1, 0.15) is 30.1 Å². The van der Waals surface area contributed by atoms with Gasteiger partial charge in [-0.15, -0.1) is 0 Å². The molecule has 1 aromatic rings. The molecule has 0 amide bonds.